The van der Waals surface area contributed by atoms with Crippen molar-refractivity contribution >= 4 is 25.0 Å². The van der Waals surface area contributed by atoms with E-state index in [0.717, 1.165) is 16.7 Å². The van der Waals surface area contributed by atoms with Crippen LogP contribution in [0.2, 0.25) is 18.1 Å². The van der Waals surface area contributed by atoms with Gasteiger partial charge in [-0.2, -0.15) is 0 Å². The van der Waals surface area contributed by atoms with Crippen molar-refractivity contribution in [3.63, 3.8) is 0 Å². The monoisotopic (exact) mass is 439 g/mol. The molecule has 31 heavy (non-hydrogen) atoms. The van der Waals surface area contributed by atoms with E-state index in [9.17, 15) is 15.0 Å². The molecule has 3 atom stereocenters. The first kappa shape index (κ1) is 21.9. The van der Waals surface area contributed by atoms with Crippen LogP contribution in [0, 0.1) is 5.92 Å². The van der Waals surface area contributed by atoms with Gasteiger partial charge in [0, 0.05) is 21.9 Å². The Kier molecular flexibility index (Phi) is 5.21. The highest BCUT2D eigenvalue weighted by Crippen LogP contribution is 2.45. The molecule has 5 nitrogen and oxygen atoms in total. The predicted molar refractivity (Wildman–Crippen MR) is 126 cm³/mol. The number of allylic oxidation sites excluding steroid dienone is 1. The van der Waals surface area contributed by atoms with Crippen LogP contribution in [-0.2, 0) is 22.1 Å². The molecular weight excluding hydrogens is 406 g/mol. The summed E-state index contributed by atoms with van der Waals surface area (Å²) in [5.74, 6) is 0.246. The first-order chi connectivity index (χ1) is 14.4. The predicted octanol–water partition coefficient (Wildman–Crippen LogP) is 4.80. The van der Waals surface area contributed by atoms with Crippen molar-refractivity contribution < 1.29 is 19.4 Å². The number of amides is 1. The number of hydrogen-bond donors (Lipinski definition) is 3. The highest BCUT2D eigenvalue weighted by Gasteiger charge is 2.48. The molecule has 0 spiro atoms. The fourth-order valence-corrected chi connectivity index (χ4v) is 6.01. The molecule has 6 heteroatoms. The van der Waals surface area contributed by atoms with E-state index in [1.165, 1.54) is 0 Å². The molecule has 1 fully saturated rings. The number of aromatic hydroxyl groups is 2. The van der Waals surface area contributed by atoms with E-state index in [0.29, 0.717) is 23.6 Å². The van der Waals surface area contributed by atoms with Crippen LogP contribution in [-0.4, -0.2) is 36.6 Å². The lowest BCUT2D eigenvalue weighted by Gasteiger charge is -2.46. The molecule has 2 aromatic carbocycles. The summed E-state index contributed by atoms with van der Waals surface area (Å²) in [5, 5.41) is 26.2. The van der Waals surface area contributed by atoms with E-state index in [-0.39, 0.29) is 40.5 Å². The van der Waals surface area contributed by atoms with Gasteiger partial charge in [-0.15, -0.1) is 0 Å². The minimum atomic E-state index is -2.00. The quantitative estimate of drug-likeness (QED) is 0.277. The summed E-state index contributed by atoms with van der Waals surface area (Å²) in [4.78, 5) is 12.5. The minimum absolute atomic E-state index is 0.0217. The van der Waals surface area contributed by atoms with Crippen LogP contribution in [0.4, 0.5) is 0 Å². The van der Waals surface area contributed by atoms with Crippen molar-refractivity contribution in [2.24, 2.45) is 5.92 Å². The molecule has 1 amide bonds. The van der Waals surface area contributed by atoms with E-state index in [1.807, 2.05) is 31.2 Å². The molecule has 4 rings (SSSR count). The van der Waals surface area contributed by atoms with Crippen molar-refractivity contribution in [3.05, 3.63) is 47.0 Å². The molecule has 0 saturated carbocycles. The second-order valence-electron chi connectivity index (χ2n) is 10.5. The zero-order valence-corrected chi connectivity index (χ0v) is 20.2. The van der Waals surface area contributed by atoms with Crippen molar-refractivity contribution in [3.8, 4) is 11.5 Å². The topological polar surface area (TPSA) is 78.8 Å². The molecule has 1 aliphatic carbocycles. The number of carbonyl (C=O) groups excluding carboxylic acids is 1. The largest absolute Gasteiger partial charge is 0.507 e. The fraction of sp³-hybridized carbons (Fsp3) is 0.480. The lowest BCUT2D eigenvalue weighted by atomic mass is 9.76. The molecule has 166 valence electrons. The second kappa shape index (κ2) is 7.38. The molecule has 2 aromatic rings. The van der Waals surface area contributed by atoms with E-state index in [4.69, 9.17) is 4.43 Å². The number of hydrogen-bond acceptors (Lipinski definition) is 4. The third kappa shape index (κ3) is 3.55. The number of fused-ring (bicyclic) bond motifs is 2. The summed E-state index contributed by atoms with van der Waals surface area (Å²) in [6, 6.07) is 7.26. The number of β-lactam (4-membered cyclic amide) rings is 1. The van der Waals surface area contributed by atoms with Gasteiger partial charge in [0.25, 0.3) is 0 Å². The summed E-state index contributed by atoms with van der Waals surface area (Å²) < 4.78 is 6.53. The van der Waals surface area contributed by atoms with Crippen molar-refractivity contribution in [1.29, 1.82) is 0 Å². The number of nitrogens with one attached hydrogen (secondary N) is 1. The summed E-state index contributed by atoms with van der Waals surface area (Å²) in [6.07, 6.45) is 2.95. The molecule has 0 radical (unpaired) electrons. The van der Waals surface area contributed by atoms with Crippen LogP contribution in [0.25, 0.3) is 10.8 Å². The SMILES string of the molecule is C[C@@H](O[Si](C)(C)C(C)(C)C)[C@H]1C(=O)N[C@@H]1C1=CCc2c(c(O)c3ccccc3c2O)C1. The first-order valence-electron chi connectivity index (χ1n) is 11.0. The van der Waals surface area contributed by atoms with Crippen LogP contribution in [0.3, 0.4) is 0 Å². The van der Waals surface area contributed by atoms with Crippen molar-refractivity contribution in [2.75, 3.05) is 0 Å². The standard InChI is InChI=1S/C25H33NO4Si/c1-14(30-31(5,6)25(2,3)4)20-21(26-24(20)29)15-11-12-18-19(13-15)23(28)17-10-8-7-9-16(17)22(18)27/h7-11,14,20-21,27-28H,12-13H2,1-6H3,(H,26,29)/t14-,20-,21-/m1/s1. The highest BCUT2D eigenvalue weighted by molar-refractivity contribution is 6.74. The second-order valence-corrected chi connectivity index (χ2v) is 15.2. The van der Waals surface area contributed by atoms with Crippen molar-refractivity contribution in [1.82, 2.24) is 5.32 Å². The number of phenolic OH excluding ortho intramolecular Hbond substituents is 2. The van der Waals surface area contributed by atoms with Gasteiger partial charge in [0.05, 0.1) is 18.1 Å². The van der Waals surface area contributed by atoms with Crippen LogP contribution < -0.4 is 5.32 Å². The molecule has 1 saturated heterocycles. The summed E-state index contributed by atoms with van der Waals surface area (Å²) in [6.45, 7) is 13.0. The van der Waals surface area contributed by atoms with Crippen LogP contribution >= 0.6 is 0 Å². The third-order valence-electron chi connectivity index (χ3n) is 7.47. The van der Waals surface area contributed by atoms with E-state index in [1.54, 1.807) is 0 Å². The maximum absolute atomic E-state index is 12.5. The van der Waals surface area contributed by atoms with Crippen LogP contribution in [0.5, 0.6) is 11.5 Å². The van der Waals surface area contributed by atoms with Gasteiger partial charge < -0.3 is 20.0 Å². The lowest BCUT2D eigenvalue weighted by Crippen LogP contribution is -2.64. The molecule has 1 aliphatic heterocycles. The Balaban J connectivity index is 1.60. The first-order valence-corrected chi connectivity index (χ1v) is 13.9. The summed E-state index contributed by atoms with van der Waals surface area (Å²) in [5.41, 5.74) is 2.60. The van der Waals surface area contributed by atoms with Gasteiger partial charge in [-0.3, -0.25) is 4.79 Å². The maximum Gasteiger partial charge on any atom is 0.228 e. The molecular formula is C25H33NO4Si. The van der Waals surface area contributed by atoms with Gasteiger partial charge in [-0.05, 0) is 43.5 Å². The molecule has 1 heterocycles. The Morgan fingerprint density at radius 3 is 2.23 bits per heavy atom. The average molecular weight is 440 g/mol. The molecule has 0 unspecified atom stereocenters. The van der Waals surface area contributed by atoms with Gasteiger partial charge in [0.1, 0.15) is 11.5 Å². The van der Waals surface area contributed by atoms with E-state index < -0.39 is 8.32 Å². The maximum atomic E-state index is 12.5. The van der Waals surface area contributed by atoms with Gasteiger partial charge in [0.2, 0.25) is 5.91 Å². The van der Waals surface area contributed by atoms with Gasteiger partial charge in [0.15, 0.2) is 8.32 Å². The molecule has 0 aromatic heterocycles. The van der Waals surface area contributed by atoms with Gasteiger partial charge in [-0.1, -0.05) is 51.1 Å². The smallest absolute Gasteiger partial charge is 0.228 e. The minimum Gasteiger partial charge on any atom is -0.507 e. The van der Waals surface area contributed by atoms with Gasteiger partial charge >= 0.3 is 0 Å². The third-order valence-corrected chi connectivity index (χ3v) is 12.0. The van der Waals surface area contributed by atoms with Crippen molar-refractivity contribution in [2.45, 2.75) is 70.8 Å². The molecule has 0 bridgehead atoms. The van der Waals surface area contributed by atoms with Crippen LogP contribution in [0.15, 0.2) is 35.9 Å². The Bertz CT molecular complexity index is 1080. The Hall–Kier alpha value is -2.31. The Labute approximate surface area is 185 Å². The van der Waals surface area contributed by atoms with Crippen LogP contribution in [0.1, 0.15) is 38.8 Å². The normalized spacial score (nSPS) is 22.4. The zero-order valence-electron chi connectivity index (χ0n) is 19.2. The van der Waals surface area contributed by atoms with Gasteiger partial charge in [-0.25, -0.2) is 0 Å². The highest BCUT2D eigenvalue weighted by atomic mass is 28.4. The fourth-order valence-electron chi connectivity index (χ4n) is 4.58. The molecule has 2 aliphatic rings. The number of benzene rings is 2. The Morgan fingerprint density at radius 2 is 1.68 bits per heavy atom. The number of carbonyl (C=O) groups is 1. The zero-order chi connectivity index (χ0) is 22.7. The summed E-state index contributed by atoms with van der Waals surface area (Å²) in [7, 11) is -2.00. The Morgan fingerprint density at radius 1 is 1.10 bits per heavy atom. The van der Waals surface area contributed by atoms with E-state index in [2.05, 4.69) is 45.3 Å². The number of rotatable bonds is 4. The lowest BCUT2D eigenvalue weighted by molar-refractivity contribution is -0.138. The average Bonchev–Trinajstić information content (AvgIpc) is 2.68. The molecule has 3 N–H and O–H groups in total. The number of phenols is 2. The summed E-state index contributed by atoms with van der Waals surface area (Å²) >= 11 is 0. The van der Waals surface area contributed by atoms with E-state index >= 15 is 0 Å².